The smallest absolute Gasteiger partial charge is 0.139 e. The summed E-state index contributed by atoms with van der Waals surface area (Å²) in [5.41, 5.74) is 2.95. The number of aromatic hydroxyl groups is 1. The summed E-state index contributed by atoms with van der Waals surface area (Å²) in [6, 6.07) is 11.3. The first-order valence-corrected chi connectivity index (χ1v) is 6.72. The molecule has 18 heavy (non-hydrogen) atoms. The predicted octanol–water partition coefficient (Wildman–Crippen LogP) is 4.73. The quantitative estimate of drug-likeness (QED) is 0.854. The van der Waals surface area contributed by atoms with Gasteiger partial charge in [0.2, 0.25) is 0 Å². The Hall–Kier alpha value is -1.19. The molecule has 0 aliphatic heterocycles. The van der Waals surface area contributed by atoms with Crippen LogP contribution in [-0.2, 0) is 6.54 Å². The van der Waals surface area contributed by atoms with Crippen LogP contribution < -0.4 is 5.32 Å². The Morgan fingerprint density at radius 3 is 2.72 bits per heavy atom. The number of phenolic OH excluding ortho intramolecular Hbond substituents is 1. The monoisotopic (exact) mass is 325 g/mol. The van der Waals surface area contributed by atoms with Gasteiger partial charge in [-0.2, -0.15) is 0 Å². The Kier molecular flexibility index (Phi) is 4.15. The predicted molar refractivity (Wildman–Crippen MR) is 79.3 cm³/mol. The molecule has 0 atom stereocenters. The van der Waals surface area contributed by atoms with E-state index >= 15 is 0 Å². The number of rotatable bonds is 3. The molecule has 0 spiro atoms. The summed E-state index contributed by atoms with van der Waals surface area (Å²) in [6.45, 7) is 2.56. The van der Waals surface area contributed by atoms with Crippen molar-refractivity contribution in [3.05, 3.63) is 57.0 Å². The highest BCUT2D eigenvalue weighted by Gasteiger charge is 2.06. The number of phenols is 1. The van der Waals surface area contributed by atoms with Gasteiger partial charge in [0.25, 0.3) is 0 Å². The Balaban J connectivity index is 2.17. The fraction of sp³-hybridized carbons (Fsp3) is 0.143. The van der Waals surface area contributed by atoms with Crippen LogP contribution in [0.15, 0.2) is 40.9 Å². The maximum absolute atomic E-state index is 9.82. The van der Waals surface area contributed by atoms with Crippen LogP contribution >= 0.6 is 27.5 Å². The maximum Gasteiger partial charge on any atom is 0.139 e. The summed E-state index contributed by atoms with van der Waals surface area (Å²) in [6.07, 6.45) is 0. The summed E-state index contributed by atoms with van der Waals surface area (Å²) in [5.74, 6) is 0.138. The van der Waals surface area contributed by atoms with E-state index in [0.29, 0.717) is 11.6 Å². The van der Waals surface area contributed by atoms with Crippen LogP contribution in [0.5, 0.6) is 5.75 Å². The minimum atomic E-state index is 0.138. The highest BCUT2D eigenvalue weighted by Crippen LogP contribution is 2.29. The van der Waals surface area contributed by atoms with E-state index in [-0.39, 0.29) is 5.75 Å². The summed E-state index contributed by atoms with van der Waals surface area (Å²) < 4.78 is 1.06. The zero-order valence-corrected chi connectivity index (χ0v) is 12.2. The summed E-state index contributed by atoms with van der Waals surface area (Å²) >= 11 is 9.35. The van der Waals surface area contributed by atoms with Crippen LogP contribution in [0.1, 0.15) is 11.1 Å². The second-order valence-electron chi connectivity index (χ2n) is 4.01. The molecule has 0 bridgehead atoms. The number of hydrogen-bond acceptors (Lipinski definition) is 2. The number of nitrogens with one attached hydrogen (secondary N) is 1. The molecule has 0 aromatic heterocycles. The SMILES string of the molecule is Cc1c(Br)cccc1NCc1cccc(Cl)c1O. The Labute approximate surface area is 120 Å². The minimum Gasteiger partial charge on any atom is -0.506 e. The van der Waals surface area contributed by atoms with Gasteiger partial charge in [0, 0.05) is 22.3 Å². The van der Waals surface area contributed by atoms with E-state index in [9.17, 15) is 5.11 Å². The molecule has 2 nitrogen and oxygen atoms in total. The van der Waals surface area contributed by atoms with Crippen LogP contribution in [-0.4, -0.2) is 5.11 Å². The maximum atomic E-state index is 9.82. The standard InChI is InChI=1S/C14H13BrClNO/c1-9-11(15)5-3-7-13(9)17-8-10-4-2-6-12(16)14(10)18/h2-7,17-18H,8H2,1H3. The molecule has 0 aliphatic carbocycles. The van der Waals surface area contributed by atoms with Gasteiger partial charge >= 0.3 is 0 Å². The molecular formula is C14H13BrClNO. The number of anilines is 1. The number of hydrogen-bond donors (Lipinski definition) is 2. The van der Waals surface area contributed by atoms with Crippen LogP contribution in [0.2, 0.25) is 5.02 Å². The van der Waals surface area contributed by atoms with Gasteiger partial charge in [-0.1, -0.05) is 45.7 Å². The molecule has 2 N–H and O–H groups in total. The first-order valence-electron chi connectivity index (χ1n) is 5.55. The third kappa shape index (κ3) is 2.79. The third-order valence-electron chi connectivity index (χ3n) is 2.81. The van der Waals surface area contributed by atoms with Crippen molar-refractivity contribution in [1.29, 1.82) is 0 Å². The van der Waals surface area contributed by atoms with E-state index in [4.69, 9.17) is 11.6 Å². The lowest BCUT2D eigenvalue weighted by Crippen LogP contribution is -2.01. The fourth-order valence-electron chi connectivity index (χ4n) is 1.69. The molecule has 94 valence electrons. The van der Waals surface area contributed by atoms with Crippen molar-refractivity contribution >= 4 is 33.2 Å². The molecule has 0 unspecified atom stereocenters. The molecule has 2 rings (SSSR count). The lowest BCUT2D eigenvalue weighted by atomic mass is 10.1. The molecule has 2 aromatic carbocycles. The Morgan fingerprint density at radius 1 is 1.22 bits per heavy atom. The molecule has 0 radical (unpaired) electrons. The van der Waals surface area contributed by atoms with E-state index in [2.05, 4.69) is 21.2 Å². The van der Waals surface area contributed by atoms with Crippen molar-refractivity contribution in [3.63, 3.8) is 0 Å². The van der Waals surface area contributed by atoms with Crippen molar-refractivity contribution in [2.75, 3.05) is 5.32 Å². The third-order valence-corrected chi connectivity index (χ3v) is 3.97. The highest BCUT2D eigenvalue weighted by atomic mass is 79.9. The molecule has 0 fully saturated rings. The first-order chi connectivity index (χ1) is 8.59. The second kappa shape index (κ2) is 5.63. The van der Waals surface area contributed by atoms with Crippen LogP contribution in [0.4, 0.5) is 5.69 Å². The second-order valence-corrected chi connectivity index (χ2v) is 5.28. The summed E-state index contributed by atoms with van der Waals surface area (Å²) in [4.78, 5) is 0. The first kappa shape index (κ1) is 13.2. The zero-order chi connectivity index (χ0) is 13.1. The van der Waals surface area contributed by atoms with Crippen LogP contribution in [0, 0.1) is 6.92 Å². The zero-order valence-electron chi connectivity index (χ0n) is 9.87. The largest absolute Gasteiger partial charge is 0.506 e. The topological polar surface area (TPSA) is 32.3 Å². The van der Waals surface area contributed by atoms with Crippen LogP contribution in [0.25, 0.3) is 0 Å². The highest BCUT2D eigenvalue weighted by molar-refractivity contribution is 9.10. The van der Waals surface area contributed by atoms with Gasteiger partial charge in [0.05, 0.1) is 5.02 Å². The van der Waals surface area contributed by atoms with E-state index in [0.717, 1.165) is 21.3 Å². The van der Waals surface area contributed by atoms with Crippen molar-refractivity contribution in [1.82, 2.24) is 0 Å². The van der Waals surface area contributed by atoms with E-state index in [1.807, 2.05) is 37.3 Å². The summed E-state index contributed by atoms with van der Waals surface area (Å²) in [7, 11) is 0. The van der Waals surface area contributed by atoms with Gasteiger partial charge in [0.1, 0.15) is 5.75 Å². The Morgan fingerprint density at radius 2 is 1.94 bits per heavy atom. The van der Waals surface area contributed by atoms with Crippen molar-refractivity contribution in [3.8, 4) is 5.75 Å². The lowest BCUT2D eigenvalue weighted by Gasteiger charge is -2.12. The number of benzene rings is 2. The molecule has 0 aliphatic rings. The van der Waals surface area contributed by atoms with Gasteiger partial charge in [0.15, 0.2) is 0 Å². The molecule has 0 heterocycles. The summed E-state index contributed by atoms with van der Waals surface area (Å²) in [5, 5.41) is 13.5. The van der Waals surface area contributed by atoms with Gasteiger partial charge in [-0.25, -0.2) is 0 Å². The number of para-hydroxylation sites is 1. The molecule has 4 heteroatoms. The molecule has 2 aromatic rings. The van der Waals surface area contributed by atoms with Crippen molar-refractivity contribution in [2.45, 2.75) is 13.5 Å². The minimum absolute atomic E-state index is 0.138. The molecule has 0 saturated heterocycles. The molecule has 0 saturated carbocycles. The average molecular weight is 327 g/mol. The molecular weight excluding hydrogens is 314 g/mol. The van der Waals surface area contributed by atoms with Gasteiger partial charge in [-0.05, 0) is 30.7 Å². The van der Waals surface area contributed by atoms with E-state index < -0.39 is 0 Å². The van der Waals surface area contributed by atoms with Crippen molar-refractivity contribution in [2.24, 2.45) is 0 Å². The van der Waals surface area contributed by atoms with E-state index in [1.54, 1.807) is 6.07 Å². The average Bonchev–Trinajstić information content (AvgIpc) is 2.36. The van der Waals surface area contributed by atoms with Gasteiger partial charge in [-0.3, -0.25) is 0 Å². The van der Waals surface area contributed by atoms with E-state index in [1.165, 1.54) is 0 Å². The Bertz CT molecular complexity index is 520. The van der Waals surface area contributed by atoms with Crippen LogP contribution in [0.3, 0.4) is 0 Å². The number of halogens is 2. The fourth-order valence-corrected chi connectivity index (χ4v) is 2.25. The molecule has 0 amide bonds. The normalized spacial score (nSPS) is 10.4. The van der Waals surface area contributed by atoms with Gasteiger partial charge < -0.3 is 10.4 Å². The lowest BCUT2D eigenvalue weighted by molar-refractivity contribution is 0.469. The van der Waals surface area contributed by atoms with Gasteiger partial charge in [-0.15, -0.1) is 0 Å². The van der Waals surface area contributed by atoms with Crippen molar-refractivity contribution < 1.29 is 5.11 Å².